The molecule has 1 amide bonds. The number of carbonyl (C=O) groups is 1. The number of hydrogen-bond acceptors (Lipinski definition) is 3. The van der Waals surface area contributed by atoms with E-state index in [1.165, 1.54) is 0 Å². The summed E-state index contributed by atoms with van der Waals surface area (Å²) in [7, 11) is 0. The van der Waals surface area contributed by atoms with Gasteiger partial charge >= 0.3 is 6.09 Å². The van der Waals surface area contributed by atoms with Crippen LogP contribution in [0.5, 0.6) is 0 Å². The van der Waals surface area contributed by atoms with Crippen LogP contribution >= 0.6 is 0 Å². The van der Waals surface area contributed by atoms with Gasteiger partial charge in [0.2, 0.25) is 0 Å². The number of rotatable bonds is 1. The Hall–Kier alpha value is -1.96. The average Bonchev–Trinajstić information content (AvgIpc) is 2.95. The second-order valence-electron chi connectivity index (χ2n) is 5.66. The first-order chi connectivity index (χ1) is 8.90. The highest BCUT2D eigenvalue weighted by atomic mass is 16.6. The molecule has 2 rings (SSSR count). The number of aromatic amines is 1. The van der Waals surface area contributed by atoms with Crippen LogP contribution in [0.3, 0.4) is 0 Å². The number of hydrogen-bond donors (Lipinski definition) is 1. The van der Waals surface area contributed by atoms with Gasteiger partial charge in [-0.3, -0.25) is 4.90 Å². The number of imidazole rings is 1. The lowest BCUT2D eigenvalue weighted by molar-refractivity contribution is 0.0218. The van der Waals surface area contributed by atoms with E-state index in [1.54, 1.807) is 11.1 Å². The third-order valence-electron chi connectivity index (χ3n) is 2.95. The summed E-state index contributed by atoms with van der Waals surface area (Å²) in [6.07, 6.45) is 8.44. The molecule has 5 nitrogen and oxygen atoms in total. The van der Waals surface area contributed by atoms with E-state index >= 15 is 0 Å². The van der Waals surface area contributed by atoms with E-state index in [2.05, 4.69) is 15.9 Å². The maximum atomic E-state index is 12.1. The van der Waals surface area contributed by atoms with Crippen LogP contribution in [0.4, 0.5) is 4.79 Å². The molecule has 1 atom stereocenters. The molecule has 1 aromatic heterocycles. The minimum atomic E-state index is -0.489. The molecular formula is C14H19N3O2. The summed E-state index contributed by atoms with van der Waals surface area (Å²) in [5, 5.41) is 0. The second-order valence-corrected chi connectivity index (χ2v) is 5.66. The molecule has 0 radical (unpaired) electrons. The summed E-state index contributed by atoms with van der Waals surface area (Å²) in [5.41, 5.74) is 0.142. The van der Waals surface area contributed by atoms with E-state index in [9.17, 15) is 4.79 Å². The van der Waals surface area contributed by atoms with Crippen molar-refractivity contribution in [3.63, 3.8) is 0 Å². The highest BCUT2D eigenvalue weighted by Gasteiger charge is 2.34. The molecule has 102 valence electrons. The summed E-state index contributed by atoms with van der Waals surface area (Å²) < 4.78 is 5.41. The fraction of sp³-hybridized carbons (Fsp3) is 0.571. The molecule has 0 spiro atoms. The maximum absolute atomic E-state index is 12.1. The van der Waals surface area contributed by atoms with Gasteiger partial charge in [-0.15, -0.1) is 6.42 Å². The van der Waals surface area contributed by atoms with Gasteiger partial charge in [0.1, 0.15) is 17.1 Å². The van der Waals surface area contributed by atoms with E-state index < -0.39 is 5.60 Å². The summed E-state index contributed by atoms with van der Waals surface area (Å²) in [6, 6.07) is -0.0723. The Labute approximate surface area is 113 Å². The normalized spacial score (nSPS) is 19.3. The quantitative estimate of drug-likeness (QED) is 0.790. The molecule has 5 heteroatoms. The van der Waals surface area contributed by atoms with E-state index in [0.717, 1.165) is 18.7 Å². The minimum Gasteiger partial charge on any atom is -0.444 e. The van der Waals surface area contributed by atoms with Crippen molar-refractivity contribution in [2.45, 2.75) is 45.3 Å². The average molecular weight is 261 g/mol. The zero-order chi connectivity index (χ0) is 14.0. The van der Waals surface area contributed by atoms with Crippen LogP contribution in [-0.2, 0) is 4.74 Å². The number of terminal acetylenes is 1. The van der Waals surface area contributed by atoms with Gasteiger partial charge in [-0.05, 0) is 33.6 Å². The number of H-pyrrole nitrogens is 1. The van der Waals surface area contributed by atoms with Gasteiger partial charge in [0, 0.05) is 6.54 Å². The Bertz CT molecular complexity index is 507. The van der Waals surface area contributed by atoms with Crippen molar-refractivity contribution in [1.29, 1.82) is 0 Å². The van der Waals surface area contributed by atoms with Crippen molar-refractivity contribution in [3.8, 4) is 12.3 Å². The molecule has 0 aliphatic carbocycles. The Morgan fingerprint density at radius 3 is 2.95 bits per heavy atom. The molecule has 1 aliphatic heterocycles. The van der Waals surface area contributed by atoms with Crippen LogP contribution in [0.15, 0.2) is 6.20 Å². The maximum Gasteiger partial charge on any atom is 0.410 e. The molecule has 1 N–H and O–H groups in total. The summed E-state index contributed by atoms with van der Waals surface area (Å²) >= 11 is 0. The Balaban J connectivity index is 2.13. The molecule has 19 heavy (non-hydrogen) atoms. The van der Waals surface area contributed by atoms with E-state index in [-0.39, 0.29) is 12.1 Å². The van der Waals surface area contributed by atoms with Gasteiger partial charge in [-0.25, -0.2) is 9.78 Å². The number of carbonyl (C=O) groups excluding carboxylic acids is 1. The fourth-order valence-corrected chi connectivity index (χ4v) is 2.17. The first kappa shape index (κ1) is 13.5. The predicted octanol–water partition coefficient (Wildman–Crippen LogP) is 2.46. The lowest BCUT2D eigenvalue weighted by atomic mass is 10.2. The second kappa shape index (κ2) is 4.96. The van der Waals surface area contributed by atoms with Crippen LogP contribution in [0.2, 0.25) is 0 Å². The van der Waals surface area contributed by atoms with Crippen molar-refractivity contribution in [3.05, 3.63) is 17.7 Å². The highest BCUT2D eigenvalue weighted by molar-refractivity contribution is 5.69. The molecular weight excluding hydrogens is 242 g/mol. The topological polar surface area (TPSA) is 58.2 Å². The number of aromatic nitrogens is 2. The molecule has 0 aromatic carbocycles. The SMILES string of the molecule is C#Cc1cnc(C2CCCN2C(=O)OC(C)(C)C)[nH]1. The van der Waals surface area contributed by atoms with Crippen LogP contribution < -0.4 is 0 Å². The number of amides is 1. The third kappa shape index (κ3) is 3.08. The largest absolute Gasteiger partial charge is 0.444 e. The van der Waals surface area contributed by atoms with Gasteiger partial charge in [-0.2, -0.15) is 0 Å². The number of likely N-dealkylation sites (tertiary alicyclic amines) is 1. The summed E-state index contributed by atoms with van der Waals surface area (Å²) in [4.78, 5) is 21.2. The molecule has 1 aliphatic rings. The first-order valence-corrected chi connectivity index (χ1v) is 6.42. The molecule has 1 unspecified atom stereocenters. The van der Waals surface area contributed by atoms with Crippen LogP contribution in [0.1, 0.15) is 51.2 Å². The lowest BCUT2D eigenvalue weighted by Crippen LogP contribution is -2.36. The number of nitrogens with zero attached hydrogens (tertiary/aromatic N) is 2. The van der Waals surface area contributed by atoms with Crippen LogP contribution in [-0.4, -0.2) is 33.1 Å². The first-order valence-electron chi connectivity index (χ1n) is 6.42. The van der Waals surface area contributed by atoms with E-state index in [0.29, 0.717) is 12.2 Å². The number of ether oxygens (including phenoxy) is 1. The van der Waals surface area contributed by atoms with Crippen molar-refractivity contribution >= 4 is 6.09 Å². The molecule has 1 aromatic rings. The number of nitrogens with one attached hydrogen (secondary N) is 1. The lowest BCUT2D eigenvalue weighted by Gasteiger charge is -2.27. The monoisotopic (exact) mass is 261 g/mol. The van der Waals surface area contributed by atoms with Gasteiger partial charge in [-0.1, -0.05) is 5.92 Å². The molecule has 0 saturated carbocycles. The smallest absolute Gasteiger partial charge is 0.410 e. The van der Waals surface area contributed by atoms with Crippen molar-refractivity contribution in [2.75, 3.05) is 6.54 Å². The molecule has 1 fully saturated rings. The Kier molecular flexibility index (Phi) is 3.52. The van der Waals surface area contributed by atoms with Gasteiger partial charge in [0.15, 0.2) is 0 Å². The molecule has 1 saturated heterocycles. The summed E-state index contributed by atoms with van der Waals surface area (Å²) in [6.45, 7) is 6.27. The minimum absolute atomic E-state index is 0.0723. The fourth-order valence-electron chi connectivity index (χ4n) is 2.17. The van der Waals surface area contributed by atoms with Crippen molar-refractivity contribution in [2.24, 2.45) is 0 Å². The predicted molar refractivity (Wildman–Crippen MR) is 71.4 cm³/mol. The van der Waals surface area contributed by atoms with Crippen molar-refractivity contribution < 1.29 is 9.53 Å². The zero-order valence-electron chi connectivity index (χ0n) is 11.6. The standard InChI is InChI=1S/C14H19N3O2/c1-5-10-9-15-12(16-10)11-7-6-8-17(11)13(18)19-14(2,3)4/h1,9,11H,6-8H2,2-4H3,(H,15,16). The van der Waals surface area contributed by atoms with Crippen LogP contribution in [0, 0.1) is 12.3 Å². The van der Waals surface area contributed by atoms with Gasteiger partial charge in [0.25, 0.3) is 0 Å². The van der Waals surface area contributed by atoms with Gasteiger partial charge in [0.05, 0.1) is 12.2 Å². The van der Waals surface area contributed by atoms with Gasteiger partial charge < -0.3 is 9.72 Å². The van der Waals surface area contributed by atoms with Crippen LogP contribution in [0.25, 0.3) is 0 Å². The molecule has 2 heterocycles. The van der Waals surface area contributed by atoms with E-state index in [1.807, 2.05) is 20.8 Å². The summed E-state index contributed by atoms with van der Waals surface area (Å²) in [5.74, 6) is 3.23. The zero-order valence-corrected chi connectivity index (χ0v) is 11.6. The Morgan fingerprint density at radius 2 is 2.37 bits per heavy atom. The van der Waals surface area contributed by atoms with E-state index in [4.69, 9.17) is 11.2 Å². The highest BCUT2D eigenvalue weighted by Crippen LogP contribution is 2.31. The molecule has 0 bridgehead atoms. The van der Waals surface area contributed by atoms with Crippen molar-refractivity contribution in [1.82, 2.24) is 14.9 Å². The third-order valence-corrected chi connectivity index (χ3v) is 2.95. The Morgan fingerprint density at radius 1 is 1.63 bits per heavy atom.